The van der Waals surface area contributed by atoms with Crippen molar-refractivity contribution in [2.24, 2.45) is 0 Å². The molecule has 2 N–H and O–H groups in total. The van der Waals surface area contributed by atoms with Crippen molar-refractivity contribution in [3.05, 3.63) is 32.3 Å². The van der Waals surface area contributed by atoms with Crippen molar-refractivity contribution in [3.8, 4) is 0 Å². The van der Waals surface area contributed by atoms with Gasteiger partial charge < -0.3 is 19.7 Å². The minimum absolute atomic E-state index is 0.151. The molecule has 1 aromatic heterocycles. The molecule has 0 aliphatic heterocycles. The average molecular weight is 438 g/mol. The van der Waals surface area contributed by atoms with Gasteiger partial charge in [0.15, 0.2) is 0 Å². The molecular weight excluding hydrogens is 419 g/mol. The Labute approximate surface area is 159 Å². The van der Waals surface area contributed by atoms with Crippen LogP contribution in [0.4, 0.5) is 4.79 Å². The molecule has 2 rings (SSSR count). The number of halogens is 3. The Morgan fingerprint density at radius 1 is 1.38 bits per heavy atom. The standard InChI is InChI=1S/C16H19BrCl2N2O3/c1-16(2,3)24-15(23)20-4-5-21-9(8-22)6-10-11(17)7-12(18)13(19)14(10)21/h6-7,22H,4-5,8H2,1-3H3,(H,20,23). The zero-order chi connectivity index (χ0) is 18.1. The van der Waals surface area contributed by atoms with Gasteiger partial charge in [0.1, 0.15) is 5.60 Å². The van der Waals surface area contributed by atoms with Gasteiger partial charge in [-0.25, -0.2) is 4.79 Å². The number of benzene rings is 1. The number of hydrogen-bond donors (Lipinski definition) is 2. The fourth-order valence-corrected chi connectivity index (χ4v) is 3.48. The van der Waals surface area contributed by atoms with E-state index in [1.54, 1.807) is 26.8 Å². The summed E-state index contributed by atoms with van der Waals surface area (Å²) in [7, 11) is 0. The van der Waals surface area contributed by atoms with Crippen molar-refractivity contribution in [1.82, 2.24) is 9.88 Å². The number of rotatable bonds is 4. The van der Waals surface area contributed by atoms with E-state index in [0.717, 1.165) is 9.86 Å². The predicted octanol–water partition coefficient (Wildman–Crippen LogP) is 4.73. The molecular formula is C16H19BrCl2N2O3. The summed E-state index contributed by atoms with van der Waals surface area (Å²) in [4.78, 5) is 11.7. The smallest absolute Gasteiger partial charge is 0.407 e. The van der Waals surface area contributed by atoms with E-state index >= 15 is 0 Å². The predicted molar refractivity (Wildman–Crippen MR) is 99.8 cm³/mol. The van der Waals surface area contributed by atoms with Crippen molar-refractivity contribution in [1.29, 1.82) is 0 Å². The highest BCUT2D eigenvalue weighted by Gasteiger charge is 2.18. The summed E-state index contributed by atoms with van der Waals surface area (Å²) in [6, 6.07) is 3.56. The lowest BCUT2D eigenvalue weighted by Crippen LogP contribution is -2.34. The van der Waals surface area contributed by atoms with Crippen molar-refractivity contribution >= 4 is 56.1 Å². The summed E-state index contributed by atoms with van der Waals surface area (Å²) in [6.07, 6.45) is -0.491. The Balaban J connectivity index is 2.24. The number of nitrogens with zero attached hydrogens (tertiary/aromatic N) is 1. The molecule has 1 amide bonds. The topological polar surface area (TPSA) is 63.5 Å². The van der Waals surface area contributed by atoms with Crippen LogP contribution in [-0.4, -0.2) is 27.9 Å². The fourth-order valence-electron chi connectivity index (χ4n) is 2.36. The summed E-state index contributed by atoms with van der Waals surface area (Å²) < 4.78 is 7.83. The Morgan fingerprint density at radius 3 is 2.62 bits per heavy atom. The Morgan fingerprint density at radius 2 is 2.04 bits per heavy atom. The first-order chi connectivity index (χ1) is 11.1. The number of amides is 1. The third kappa shape index (κ3) is 4.36. The van der Waals surface area contributed by atoms with Crippen LogP contribution in [0.3, 0.4) is 0 Å². The van der Waals surface area contributed by atoms with E-state index < -0.39 is 11.7 Å². The second kappa shape index (κ2) is 7.52. The van der Waals surface area contributed by atoms with E-state index in [2.05, 4.69) is 21.2 Å². The maximum absolute atomic E-state index is 11.7. The molecule has 1 heterocycles. The van der Waals surface area contributed by atoms with Gasteiger partial charge in [0.2, 0.25) is 0 Å². The minimum Gasteiger partial charge on any atom is -0.444 e. The first-order valence-electron chi connectivity index (χ1n) is 7.37. The number of ether oxygens (including phenoxy) is 1. The minimum atomic E-state index is -0.553. The molecule has 0 atom stereocenters. The number of carbonyl (C=O) groups is 1. The number of carbonyl (C=O) groups excluding carboxylic acids is 1. The molecule has 5 nitrogen and oxygen atoms in total. The summed E-state index contributed by atoms with van der Waals surface area (Å²) >= 11 is 15.9. The van der Waals surface area contributed by atoms with Crippen molar-refractivity contribution in [3.63, 3.8) is 0 Å². The molecule has 24 heavy (non-hydrogen) atoms. The third-order valence-corrected chi connectivity index (χ3v) is 4.71. The van der Waals surface area contributed by atoms with Gasteiger partial charge in [-0.05, 0) is 32.9 Å². The van der Waals surface area contributed by atoms with E-state index in [1.165, 1.54) is 0 Å². The number of fused-ring (bicyclic) bond motifs is 1. The van der Waals surface area contributed by atoms with Gasteiger partial charge in [-0.1, -0.05) is 39.1 Å². The maximum atomic E-state index is 11.7. The molecule has 8 heteroatoms. The molecule has 0 aliphatic rings. The van der Waals surface area contributed by atoms with Gasteiger partial charge in [-0.2, -0.15) is 0 Å². The van der Waals surface area contributed by atoms with Gasteiger partial charge in [-0.3, -0.25) is 0 Å². The van der Waals surface area contributed by atoms with Crippen LogP contribution in [0.1, 0.15) is 26.5 Å². The van der Waals surface area contributed by atoms with E-state index in [9.17, 15) is 9.90 Å². The number of aliphatic hydroxyl groups is 1. The molecule has 0 aliphatic carbocycles. The van der Waals surface area contributed by atoms with Crippen LogP contribution in [0.5, 0.6) is 0 Å². The number of hydrogen-bond acceptors (Lipinski definition) is 3. The van der Waals surface area contributed by atoms with Gasteiger partial charge in [-0.15, -0.1) is 0 Å². The number of aliphatic hydroxyl groups excluding tert-OH is 1. The third-order valence-electron chi connectivity index (χ3n) is 3.28. The molecule has 0 bridgehead atoms. The fraction of sp³-hybridized carbons (Fsp3) is 0.438. The summed E-state index contributed by atoms with van der Waals surface area (Å²) in [5.41, 5.74) is 0.842. The van der Waals surface area contributed by atoms with Crippen molar-refractivity contribution in [2.75, 3.05) is 6.54 Å². The van der Waals surface area contributed by atoms with Crippen LogP contribution >= 0.6 is 39.1 Å². The lowest BCUT2D eigenvalue weighted by molar-refractivity contribution is 0.0526. The van der Waals surface area contributed by atoms with Gasteiger partial charge >= 0.3 is 6.09 Å². The Hall–Kier alpha value is -0.950. The van der Waals surface area contributed by atoms with E-state index in [4.69, 9.17) is 27.9 Å². The van der Waals surface area contributed by atoms with Crippen LogP contribution in [0.15, 0.2) is 16.6 Å². The van der Waals surface area contributed by atoms with Crippen molar-refractivity contribution < 1.29 is 14.6 Å². The second-order valence-electron chi connectivity index (χ2n) is 6.29. The molecule has 0 radical (unpaired) electrons. The first-order valence-corrected chi connectivity index (χ1v) is 8.92. The molecule has 0 spiro atoms. The zero-order valence-corrected chi connectivity index (χ0v) is 16.7. The lowest BCUT2D eigenvalue weighted by atomic mass is 10.2. The monoisotopic (exact) mass is 436 g/mol. The molecule has 0 fully saturated rings. The molecule has 0 saturated carbocycles. The Bertz CT molecular complexity index is 769. The highest BCUT2D eigenvalue weighted by Crippen LogP contribution is 2.38. The van der Waals surface area contributed by atoms with Crippen LogP contribution in [0.25, 0.3) is 10.9 Å². The highest BCUT2D eigenvalue weighted by atomic mass is 79.9. The lowest BCUT2D eigenvalue weighted by Gasteiger charge is -2.20. The van der Waals surface area contributed by atoms with Crippen LogP contribution in [0.2, 0.25) is 10.0 Å². The largest absolute Gasteiger partial charge is 0.444 e. The molecule has 0 saturated heterocycles. The van der Waals surface area contributed by atoms with Crippen molar-refractivity contribution in [2.45, 2.75) is 39.5 Å². The van der Waals surface area contributed by atoms with Crippen LogP contribution in [0, 0.1) is 0 Å². The summed E-state index contributed by atoms with van der Waals surface area (Å²) in [5.74, 6) is 0. The van der Waals surface area contributed by atoms with E-state index in [-0.39, 0.29) is 6.61 Å². The van der Waals surface area contributed by atoms with E-state index in [1.807, 2.05) is 10.6 Å². The maximum Gasteiger partial charge on any atom is 0.407 e. The molecule has 1 aromatic carbocycles. The Kier molecular flexibility index (Phi) is 6.07. The molecule has 0 unspecified atom stereocenters. The summed E-state index contributed by atoms with van der Waals surface area (Å²) in [5, 5.41) is 14.0. The molecule has 132 valence electrons. The number of nitrogens with one attached hydrogen (secondary N) is 1. The quantitative estimate of drug-likeness (QED) is 0.679. The number of aromatic nitrogens is 1. The van der Waals surface area contributed by atoms with E-state index in [0.29, 0.717) is 34.3 Å². The molecule has 2 aromatic rings. The van der Waals surface area contributed by atoms with Crippen LogP contribution in [-0.2, 0) is 17.9 Å². The summed E-state index contributed by atoms with van der Waals surface area (Å²) in [6.45, 7) is 6.00. The van der Waals surface area contributed by atoms with Gasteiger partial charge in [0, 0.05) is 28.6 Å². The zero-order valence-electron chi connectivity index (χ0n) is 13.6. The second-order valence-corrected chi connectivity index (χ2v) is 7.93. The van der Waals surface area contributed by atoms with Gasteiger partial charge in [0.05, 0.1) is 22.2 Å². The van der Waals surface area contributed by atoms with Gasteiger partial charge in [0.25, 0.3) is 0 Å². The number of alkyl carbamates (subject to hydrolysis) is 1. The highest BCUT2D eigenvalue weighted by molar-refractivity contribution is 9.10. The SMILES string of the molecule is CC(C)(C)OC(=O)NCCn1c(CO)cc2c(Br)cc(Cl)c(Cl)c21. The van der Waals surface area contributed by atoms with Crippen LogP contribution < -0.4 is 5.32 Å². The normalized spacial score (nSPS) is 11.8. The average Bonchev–Trinajstić information content (AvgIpc) is 2.82. The first kappa shape index (κ1) is 19.4.